The minimum Gasteiger partial charge on any atom is -0.497 e. The Morgan fingerprint density at radius 2 is 2.26 bits per heavy atom. The lowest BCUT2D eigenvalue weighted by Crippen LogP contribution is -2.40. The molecule has 0 unspecified atom stereocenters. The number of methoxy groups -OCH3 is 1. The quantitative estimate of drug-likeness (QED) is 0.692. The topological polar surface area (TPSA) is 60.5 Å². The van der Waals surface area contributed by atoms with Crippen LogP contribution < -0.4 is 4.74 Å². The molecule has 1 atom stereocenters. The molecule has 27 heavy (non-hydrogen) atoms. The summed E-state index contributed by atoms with van der Waals surface area (Å²) in [4.78, 5) is 18.9. The maximum Gasteiger partial charge on any atom is 0.289 e. The molecule has 1 saturated heterocycles. The van der Waals surface area contributed by atoms with Gasteiger partial charge in [0.05, 0.1) is 13.4 Å². The number of carbonyl (C=O) groups is 1. The van der Waals surface area contributed by atoms with Crippen molar-refractivity contribution < 1.29 is 13.9 Å². The third-order valence-corrected chi connectivity index (χ3v) is 5.01. The molecule has 1 amide bonds. The van der Waals surface area contributed by atoms with Crippen molar-refractivity contribution in [2.75, 3.05) is 20.2 Å². The third kappa shape index (κ3) is 3.89. The Labute approximate surface area is 158 Å². The second-order valence-electron chi connectivity index (χ2n) is 6.91. The summed E-state index contributed by atoms with van der Waals surface area (Å²) in [5.74, 6) is 2.21. The van der Waals surface area contributed by atoms with Crippen molar-refractivity contribution in [3.63, 3.8) is 0 Å². The van der Waals surface area contributed by atoms with Crippen LogP contribution in [0.5, 0.6) is 5.75 Å². The molecule has 0 saturated carbocycles. The Balaban J connectivity index is 1.45. The van der Waals surface area contributed by atoms with Gasteiger partial charge in [0.25, 0.3) is 5.91 Å². The average Bonchev–Trinajstić information content (AvgIpc) is 3.40. The first-order chi connectivity index (χ1) is 13.2. The van der Waals surface area contributed by atoms with Crippen LogP contribution in [-0.4, -0.2) is 40.6 Å². The summed E-state index contributed by atoms with van der Waals surface area (Å²) in [6, 6.07) is 11.2. The number of aromatic nitrogens is 2. The summed E-state index contributed by atoms with van der Waals surface area (Å²) < 4.78 is 13.2. The molecule has 4 rings (SSSR count). The number of nitrogens with zero attached hydrogens (tertiary/aromatic N) is 3. The summed E-state index contributed by atoms with van der Waals surface area (Å²) in [7, 11) is 1.63. The van der Waals surface area contributed by atoms with E-state index in [1.54, 1.807) is 19.4 Å². The Kier molecular flexibility index (Phi) is 4.96. The predicted molar refractivity (Wildman–Crippen MR) is 102 cm³/mol. The smallest absolute Gasteiger partial charge is 0.289 e. The van der Waals surface area contributed by atoms with Gasteiger partial charge in [-0.3, -0.25) is 4.79 Å². The third-order valence-electron chi connectivity index (χ3n) is 5.01. The van der Waals surface area contributed by atoms with Crippen molar-refractivity contribution in [3.8, 4) is 17.1 Å². The van der Waals surface area contributed by atoms with E-state index in [9.17, 15) is 4.79 Å². The molecule has 0 aliphatic carbocycles. The van der Waals surface area contributed by atoms with Crippen LogP contribution in [0.3, 0.4) is 0 Å². The molecule has 2 aromatic heterocycles. The van der Waals surface area contributed by atoms with E-state index in [2.05, 4.69) is 9.55 Å². The molecule has 3 aromatic rings. The zero-order chi connectivity index (χ0) is 18.6. The van der Waals surface area contributed by atoms with Crippen LogP contribution in [-0.2, 0) is 6.54 Å². The van der Waals surface area contributed by atoms with Crippen LogP contribution in [0.1, 0.15) is 23.4 Å². The molecule has 1 aliphatic heterocycles. The molecule has 1 aliphatic rings. The zero-order valence-corrected chi connectivity index (χ0v) is 15.4. The fourth-order valence-electron chi connectivity index (χ4n) is 3.63. The van der Waals surface area contributed by atoms with E-state index in [4.69, 9.17) is 9.15 Å². The van der Waals surface area contributed by atoms with E-state index in [1.807, 2.05) is 47.8 Å². The molecular weight excluding hydrogens is 342 g/mol. The van der Waals surface area contributed by atoms with Gasteiger partial charge in [0.1, 0.15) is 11.5 Å². The monoisotopic (exact) mass is 365 g/mol. The van der Waals surface area contributed by atoms with Gasteiger partial charge in [-0.05, 0) is 43.0 Å². The molecule has 6 heteroatoms. The number of furan rings is 1. The minimum atomic E-state index is -0.0422. The number of amides is 1. The second-order valence-corrected chi connectivity index (χ2v) is 6.91. The average molecular weight is 365 g/mol. The van der Waals surface area contributed by atoms with Gasteiger partial charge in [-0.1, -0.05) is 12.1 Å². The van der Waals surface area contributed by atoms with Crippen LogP contribution in [0.25, 0.3) is 11.3 Å². The number of hydrogen-bond acceptors (Lipinski definition) is 4. The van der Waals surface area contributed by atoms with Gasteiger partial charge in [0.15, 0.2) is 5.76 Å². The van der Waals surface area contributed by atoms with Gasteiger partial charge >= 0.3 is 0 Å². The van der Waals surface area contributed by atoms with E-state index < -0.39 is 0 Å². The number of benzene rings is 1. The first-order valence-corrected chi connectivity index (χ1v) is 9.22. The molecular formula is C21H23N3O3. The highest BCUT2D eigenvalue weighted by molar-refractivity contribution is 5.92. The molecule has 0 bridgehead atoms. The van der Waals surface area contributed by atoms with Crippen LogP contribution in [0.15, 0.2) is 59.5 Å². The Morgan fingerprint density at radius 3 is 3.07 bits per heavy atom. The van der Waals surface area contributed by atoms with Gasteiger partial charge in [-0.2, -0.15) is 0 Å². The molecule has 0 spiro atoms. The molecule has 0 radical (unpaired) electrons. The van der Waals surface area contributed by atoms with Crippen molar-refractivity contribution >= 4 is 5.91 Å². The fourth-order valence-corrected chi connectivity index (χ4v) is 3.63. The minimum absolute atomic E-state index is 0.0422. The van der Waals surface area contributed by atoms with Crippen molar-refractivity contribution in [2.45, 2.75) is 19.4 Å². The first-order valence-electron chi connectivity index (χ1n) is 9.22. The molecule has 0 N–H and O–H groups in total. The first kappa shape index (κ1) is 17.4. The summed E-state index contributed by atoms with van der Waals surface area (Å²) in [6.45, 7) is 2.40. The number of rotatable bonds is 5. The normalized spacial score (nSPS) is 17.1. The summed E-state index contributed by atoms with van der Waals surface area (Å²) in [6.07, 6.45) is 7.71. The van der Waals surface area contributed by atoms with E-state index in [0.29, 0.717) is 17.4 Å². The van der Waals surface area contributed by atoms with Crippen molar-refractivity contribution in [2.24, 2.45) is 5.92 Å². The summed E-state index contributed by atoms with van der Waals surface area (Å²) in [5, 5.41) is 0. The van der Waals surface area contributed by atoms with E-state index in [1.165, 1.54) is 0 Å². The van der Waals surface area contributed by atoms with Gasteiger partial charge in [-0.25, -0.2) is 4.98 Å². The highest BCUT2D eigenvalue weighted by Gasteiger charge is 2.26. The van der Waals surface area contributed by atoms with Crippen LogP contribution >= 0.6 is 0 Å². The largest absolute Gasteiger partial charge is 0.497 e. The number of likely N-dealkylation sites (tertiary alicyclic amines) is 1. The van der Waals surface area contributed by atoms with E-state index >= 15 is 0 Å². The van der Waals surface area contributed by atoms with E-state index in [-0.39, 0.29) is 5.91 Å². The highest BCUT2D eigenvalue weighted by Crippen LogP contribution is 2.27. The van der Waals surface area contributed by atoms with Crippen LogP contribution in [0, 0.1) is 5.92 Å². The lowest BCUT2D eigenvalue weighted by molar-refractivity contribution is 0.0631. The van der Waals surface area contributed by atoms with Gasteiger partial charge in [-0.15, -0.1) is 0 Å². The Hall–Kier alpha value is -3.02. The lowest BCUT2D eigenvalue weighted by Gasteiger charge is -2.32. The number of hydrogen-bond donors (Lipinski definition) is 0. The Bertz CT molecular complexity index is 901. The number of ether oxygens (including phenoxy) is 1. The maximum absolute atomic E-state index is 12.9. The SMILES string of the molecule is COc1cccc(-c2ccc(C(=O)N3CCC[C@H](Cn4ccnc4)C3)o2)c1. The predicted octanol–water partition coefficient (Wildman–Crippen LogP) is 3.70. The number of imidazole rings is 1. The Morgan fingerprint density at radius 1 is 1.33 bits per heavy atom. The fraction of sp³-hybridized carbons (Fsp3) is 0.333. The second kappa shape index (κ2) is 7.70. The molecule has 140 valence electrons. The highest BCUT2D eigenvalue weighted by atomic mass is 16.5. The molecule has 1 aromatic carbocycles. The van der Waals surface area contributed by atoms with Crippen LogP contribution in [0.4, 0.5) is 0 Å². The molecule has 6 nitrogen and oxygen atoms in total. The van der Waals surface area contributed by atoms with E-state index in [0.717, 1.165) is 43.8 Å². The van der Waals surface area contributed by atoms with Gasteiger partial charge < -0.3 is 18.6 Å². The van der Waals surface area contributed by atoms with Crippen molar-refractivity contribution in [1.29, 1.82) is 0 Å². The number of piperidine rings is 1. The van der Waals surface area contributed by atoms with Crippen LogP contribution in [0.2, 0.25) is 0 Å². The molecule has 1 fully saturated rings. The summed E-state index contributed by atoms with van der Waals surface area (Å²) in [5.41, 5.74) is 0.894. The van der Waals surface area contributed by atoms with Gasteiger partial charge in [0.2, 0.25) is 0 Å². The number of carbonyl (C=O) groups excluding carboxylic acids is 1. The standard InChI is InChI=1S/C21H23N3O3/c1-26-18-6-2-5-17(12-18)19-7-8-20(27-19)21(25)24-10-3-4-16(14-24)13-23-11-9-22-15-23/h2,5-9,11-12,15-16H,3-4,10,13-14H2,1H3/t16-/m1/s1. The molecule has 3 heterocycles. The maximum atomic E-state index is 12.9. The van der Waals surface area contributed by atoms with Gasteiger partial charge in [0, 0.05) is 37.6 Å². The van der Waals surface area contributed by atoms with Crippen molar-refractivity contribution in [1.82, 2.24) is 14.5 Å². The lowest BCUT2D eigenvalue weighted by atomic mass is 9.97. The summed E-state index contributed by atoms with van der Waals surface area (Å²) >= 11 is 0. The van der Waals surface area contributed by atoms with Crippen molar-refractivity contribution in [3.05, 3.63) is 60.9 Å². The zero-order valence-electron chi connectivity index (χ0n) is 15.4.